The normalized spacial score (nSPS) is 21.2. The zero-order valence-electron chi connectivity index (χ0n) is 12.8. The molecule has 0 radical (unpaired) electrons. The Morgan fingerprint density at radius 2 is 2.04 bits per heavy atom. The number of hydrogen-bond donors (Lipinski definition) is 2. The molecule has 3 N–H and O–H groups in total. The van der Waals surface area contributed by atoms with Gasteiger partial charge in [0.15, 0.2) is 9.84 Å². The molecule has 2 atom stereocenters. The van der Waals surface area contributed by atoms with Crippen LogP contribution in [0.3, 0.4) is 0 Å². The van der Waals surface area contributed by atoms with Crippen molar-refractivity contribution in [1.82, 2.24) is 5.32 Å². The van der Waals surface area contributed by atoms with Crippen LogP contribution in [0, 0.1) is 0 Å². The molecule has 10 heteroatoms. The SMILES string of the molecule is COc1ccccc1C(=O)N[C@H]([NH2+][C@@H]1CCS(=O)(=O)C1)C(Cl)(Cl)Cl. The van der Waals surface area contributed by atoms with Gasteiger partial charge in [0.25, 0.3) is 9.70 Å². The second kappa shape index (κ2) is 7.66. The van der Waals surface area contributed by atoms with Crippen molar-refractivity contribution in [3.63, 3.8) is 0 Å². The van der Waals surface area contributed by atoms with E-state index in [1.165, 1.54) is 7.11 Å². The van der Waals surface area contributed by atoms with Crippen molar-refractivity contribution in [2.75, 3.05) is 18.6 Å². The first-order valence-corrected chi connectivity index (χ1v) is 10.1. The summed E-state index contributed by atoms with van der Waals surface area (Å²) in [7, 11) is -1.62. The molecule has 1 aliphatic heterocycles. The highest BCUT2D eigenvalue weighted by Crippen LogP contribution is 2.28. The van der Waals surface area contributed by atoms with Crippen LogP contribution in [0.5, 0.6) is 5.75 Å². The Balaban J connectivity index is 2.13. The van der Waals surface area contributed by atoms with Crippen molar-refractivity contribution >= 4 is 50.5 Å². The maximum absolute atomic E-state index is 12.5. The van der Waals surface area contributed by atoms with Crippen molar-refractivity contribution in [1.29, 1.82) is 0 Å². The molecule has 1 fully saturated rings. The number of ether oxygens (including phenoxy) is 1. The molecule has 134 valence electrons. The predicted molar refractivity (Wildman–Crippen MR) is 93.5 cm³/mol. The van der Waals surface area contributed by atoms with Crippen molar-refractivity contribution in [3.8, 4) is 5.75 Å². The molecule has 0 unspecified atom stereocenters. The van der Waals surface area contributed by atoms with Gasteiger partial charge in [0.1, 0.15) is 17.5 Å². The molecule has 2 rings (SSSR count). The van der Waals surface area contributed by atoms with Gasteiger partial charge in [0, 0.05) is 6.42 Å². The van der Waals surface area contributed by atoms with Gasteiger partial charge in [-0.3, -0.25) is 10.1 Å². The molecule has 0 bridgehead atoms. The van der Waals surface area contributed by atoms with E-state index in [4.69, 9.17) is 39.5 Å². The fraction of sp³-hybridized carbons (Fsp3) is 0.500. The average Bonchev–Trinajstić information content (AvgIpc) is 2.84. The van der Waals surface area contributed by atoms with E-state index in [2.05, 4.69) is 5.32 Å². The smallest absolute Gasteiger partial charge is 0.262 e. The van der Waals surface area contributed by atoms with Crippen LogP contribution >= 0.6 is 34.8 Å². The lowest BCUT2D eigenvalue weighted by Crippen LogP contribution is -3.00. The van der Waals surface area contributed by atoms with E-state index in [1.54, 1.807) is 29.6 Å². The maximum Gasteiger partial charge on any atom is 0.262 e. The molecule has 1 amide bonds. The van der Waals surface area contributed by atoms with Gasteiger partial charge >= 0.3 is 0 Å². The second-order valence-corrected chi connectivity index (χ2v) is 10.1. The van der Waals surface area contributed by atoms with Crippen LogP contribution < -0.4 is 15.4 Å². The first kappa shape index (κ1) is 19.6. The third-order valence-electron chi connectivity index (χ3n) is 3.72. The van der Waals surface area contributed by atoms with Crippen LogP contribution in [0.25, 0.3) is 0 Å². The molecule has 0 spiro atoms. The summed E-state index contributed by atoms with van der Waals surface area (Å²) in [4.78, 5) is 12.5. The quantitative estimate of drug-likeness (QED) is 0.551. The molecule has 1 heterocycles. The van der Waals surface area contributed by atoms with Gasteiger partial charge in [-0.15, -0.1) is 0 Å². The maximum atomic E-state index is 12.5. The Bertz CT molecular complexity index is 706. The summed E-state index contributed by atoms with van der Waals surface area (Å²) >= 11 is 17.9. The number of methoxy groups -OCH3 is 1. The molecule has 1 saturated heterocycles. The van der Waals surface area contributed by atoms with Crippen LogP contribution in [-0.4, -0.2) is 48.9 Å². The number of amides is 1. The molecular weight excluding hydrogens is 399 g/mol. The summed E-state index contributed by atoms with van der Waals surface area (Å²) in [6.45, 7) is 0. The topological polar surface area (TPSA) is 89.1 Å². The molecule has 6 nitrogen and oxygen atoms in total. The van der Waals surface area contributed by atoms with Gasteiger partial charge < -0.3 is 10.1 Å². The van der Waals surface area contributed by atoms with E-state index in [9.17, 15) is 13.2 Å². The molecule has 0 aliphatic carbocycles. The lowest BCUT2D eigenvalue weighted by molar-refractivity contribution is -0.719. The number of para-hydroxylation sites is 1. The van der Waals surface area contributed by atoms with Crippen LogP contribution in [0.15, 0.2) is 24.3 Å². The molecule has 24 heavy (non-hydrogen) atoms. The standard InChI is InChI=1S/C14H17Cl3N2O4S/c1-23-11-5-3-2-4-10(11)12(20)19-13(14(15,16)17)18-9-6-7-24(21,22)8-9/h2-5,9,13,18H,6-8H2,1H3,(H,19,20)/p+1/t9-,13+/m1/s1. The van der Waals surface area contributed by atoms with E-state index in [-0.39, 0.29) is 17.5 Å². The van der Waals surface area contributed by atoms with Crippen molar-refractivity contribution in [2.45, 2.75) is 22.4 Å². The van der Waals surface area contributed by atoms with Gasteiger partial charge in [-0.1, -0.05) is 46.9 Å². The average molecular weight is 417 g/mol. The number of carbonyl (C=O) groups is 1. The highest BCUT2D eigenvalue weighted by atomic mass is 35.6. The highest BCUT2D eigenvalue weighted by molar-refractivity contribution is 7.91. The minimum absolute atomic E-state index is 0.00518. The van der Waals surface area contributed by atoms with Gasteiger partial charge in [-0.2, -0.15) is 0 Å². The Kier molecular flexibility index (Phi) is 6.25. The lowest BCUT2D eigenvalue weighted by atomic mass is 10.2. The number of carbonyl (C=O) groups excluding carboxylic acids is 1. The van der Waals surface area contributed by atoms with E-state index in [1.807, 2.05) is 0 Å². The molecule has 0 aromatic heterocycles. The number of nitrogens with two attached hydrogens (primary N) is 1. The molecule has 1 aromatic carbocycles. The third kappa shape index (κ3) is 5.13. The Morgan fingerprint density at radius 3 is 2.58 bits per heavy atom. The fourth-order valence-corrected chi connectivity index (χ4v) is 4.68. The number of rotatable bonds is 5. The minimum Gasteiger partial charge on any atom is -0.496 e. The summed E-state index contributed by atoms with van der Waals surface area (Å²) in [6.07, 6.45) is -0.484. The summed E-state index contributed by atoms with van der Waals surface area (Å²) in [5.41, 5.74) is 0.298. The van der Waals surface area contributed by atoms with Gasteiger partial charge in [0.2, 0.25) is 6.17 Å². The summed E-state index contributed by atoms with van der Waals surface area (Å²) in [5, 5.41) is 4.23. The number of quaternary nitrogens is 1. The van der Waals surface area contributed by atoms with E-state index < -0.39 is 25.7 Å². The number of nitrogens with one attached hydrogen (secondary N) is 1. The zero-order chi connectivity index (χ0) is 18.0. The Hall–Kier alpha value is -0.730. The second-order valence-electron chi connectivity index (χ2n) is 5.55. The highest BCUT2D eigenvalue weighted by Gasteiger charge is 2.42. The number of hydrogen-bond acceptors (Lipinski definition) is 4. The van der Waals surface area contributed by atoms with E-state index >= 15 is 0 Å². The van der Waals surface area contributed by atoms with Crippen molar-refractivity contribution in [3.05, 3.63) is 29.8 Å². The van der Waals surface area contributed by atoms with Crippen LogP contribution in [-0.2, 0) is 9.84 Å². The monoisotopic (exact) mass is 415 g/mol. The first-order chi connectivity index (χ1) is 11.1. The number of sulfone groups is 1. The first-order valence-electron chi connectivity index (χ1n) is 7.18. The number of alkyl halides is 3. The largest absolute Gasteiger partial charge is 0.496 e. The van der Waals surface area contributed by atoms with Crippen molar-refractivity contribution in [2.24, 2.45) is 0 Å². The van der Waals surface area contributed by atoms with Gasteiger partial charge in [0.05, 0.1) is 18.4 Å². The van der Waals surface area contributed by atoms with Crippen LogP contribution in [0.4, 0.5) is 0 Å². The lowest BCUT2D eigenvalue weighted by Gasteiger charge is -2.26. The van der Waals surface area contributed by atoms with Gasteiger partial charge in [-0.25, -0.2) is 8.42 Å². The fourth-order valence-electron chi connectivity index (χ4n) is 2.54. The van der Waals surface area contributed by atoms with Crippen LogP contribution in [0.2, 0.25) is 0 Å². The summed E-state index contributed by atoms with van der Waals surface area (Å²) in [6, 6.07) is 6.39. The number of halogens is 3. The third-order valence-corrected chi connectivity index (χ3v) is 6.22. The minimum atomic E-state index is -3.07. The molecular formula is C14H18Cl3N2O4S+. The Labute approximate surface area is 155 Å². The molecule has 1 aliphatic rings. The van der Waals surface area contributed by atoms with E-state index in [0.717, 1.165) is 0 Å². The number of benzene rings is 1. The van der Waals surface area contributed by atoms with Crippen LogP contribution in [0.1, 0.15) is 16.8 Å². The van der Waals surface area contributed by atoms with Gasteiger partial charge in [-0.05, 0) is 12.1 Å². The summed E-state index contributed by atoms with van der Waals surface area (Å²) < 4.78 is 26.5. The summed E-state index contributed by atoms with van der Waals surface area (Å²) in [5.74, 6) is 0.0121. The predicted octanol–water partition coefficient (Wildman–Crippen LogP) is 0.872. The molecule has 1 aromatic rings. The zero-order valence-corrected chi connectivity index (χ0v) is 15.9. The Morgan fingerprint density at radius 1 is 1.38 bits per heavy atom. The van der Waals surface area contributed by atoms with Crippen molar-refractivity contribution < 1.29 is 23.3 Å². The van der Waals surface area contributed by atoms with E-state index in [0.29, 0.717) is 17.7 Å². The molecule has 0 saturated carbocycles.